The largest absolute Gasteiger partial charge is 0.339 e. The summed E-state index contributed by atoms with van der Waals surface area (Å²) in [5.41, 5.74) is 3.57. The van der Waals surface area contributed by atoms with Crippen LogP contribution in [0.25, 0.3) is 0 Å². The molecule has 0 saturated heterocycles. The van der Waals surface area contributed by atoms with Crippen LogP contribution < -0.4 is 16.0 Å². The third kappa shape index (κ3) is 5.38. The molecule has 0 fully saturated rings. The molecule has 148 valence electrons. The fourth-order valence-electron chi connectivity index (χ4n) is 2.80. The predicted octanol–water partition coefficient (Wildman–Crippen LogP) is 4.55. The standard InChI is InChI=1S/C22H23N5O2/c1-14(2)18-6-4-5-7-19(18)27-22(29)20-12-24-21(13-23-20)26-17-10-8-16(9-11-17)25-15(3)28/h4-14H,1-3H3,(H,24,26)(H,25,28)(H,27,29). The lowest BCUT2D eigenvalue weighted by atomic mass is 10.0. The minimum Gasteiger partial charge on any atom is -0.339 e. The average molecular weight is 389 g/mol. The summed E-state index contributed by atoms with van der Waals surface area (Å²) in [4.78, 5) is 32.1. The van der Waals surface area contributed by atoms with Gasteiger partial charge in [0.1, 0.15) is 11.5 Å². The van der Waals surface area contributed by atoms with Crippen molar-refractivity contribution in [2.45, 2.75) is 26.7 Å². The second-order valence-corrected chi connectivity index (χ2v) is 6.87. The molecule has 0 spiro atoms. The molecule has 0 radical (unpaired) electrons. The minimum absolute atomic E-state index is 0.124. The summed E-state index contributed by atoms with van der Waals surface area (Å²) >= 11 is 0. The van der Waals surface area contributed by atoms with Gasteiger partial charge in [-0.15, -0.1) is 0 Å². The average Bonchev–Trinajstić information content (AvgIpc) is 2.70. The van der Waals surface area contributed by atoms with E-state index in [9.17, 15) is 9.59 Å². The summed E-state index contributed by atoms with van der Waals surface area (Å²) in [5.74, 6) is 0.371. The Morgan fingerprint density at radius 1 is 0.862 bits per heavy atom. The lowest BCUT2D eigenvalue weighted by molar-refractivity contribution is -0.114. The smallest absolute Gasteiger partial charge is 0.275 e. The monoisotopic (exact) mass is 389 g/mol. The lowest BCUT2D eigenvalue weighted by Gasteiger charge is -2.13. The molecule has 3 N–H and O–H groups in total. The third-order valence-electron chi connectivity index (χ3n) is 4.19. The first-order valence-electron chi connectivity index (χ1n) is 9.29. The van der Waals surface area contributed by atoms with Crippen LogP contribution in [0.4, 0.5) is 22.9 Å². The fourth-order valence-corrected chi connectivity index (χ4v) is 2.80. The van der Waals surface area contributed by atoms with Gasteiger partial charge in [-0.05, 0) is 41.8 Å². The van der Waals surface area contributed by atoms with Crippen LogP contribution in [0.2, 0.25) is 0 Å². The first kappa shape index (κ1) is 20.0. The number of amides is 2. The van der Waals surface area contributed by atoms with Crippen molar-refractivity contribution in [1.82, 2.24) is 9.97 Å². The highest BCUT2D eigenvalue weighted by Gasteiger charge is 2.12. The summed E-state index contributed by atoms with van der Waals surface area (Å²) in [6, 6.07) is 14.9. The van der Waals surface area contributed by atoms with Gasteiger partial charge in [0, 0.05) is 24.0 Å². The van der Waals surface area contributed by atoms with Gasteiger partial charge in [-0.1, -0.05) is 32.0 Å². The van der Waals surface area contributed by atoms with E-state index in [0.29, 0.717) is 17.4 Å². The molecule has 1 aromatic heterocycles. The van der Waals surface area contributed by atoms with E-state index in [-0.39, 0.29) is 17.5 Å². The predicted molar refractivity (Wildman–Crippen MR) is 115 cm³/mol. The van der Waals surface area contributed by atoms with Crippen LogP contribution >= 0.6 is 0 Å². The molecular weight excluding hydrogens is 366 g/mol. The van der Waals surface area contributed by atoms with Crippen molar-refractivity contribution >= 4 is 34.7 Å². The highest BCUT2D eigenvalue weighted by atomic mass is 16.2. The van der Waals surface area contributed by atoms with Crippen molar-refractivity contribution in [3.63, 3.8) is 0 Å². The summed E-state index contributed by atoms with van der Waals surface area (Å²) in [5, 5.41) is 8.72. The van der Waals surface area contributed by atoms with Crippen molar-refractivity contribution in [2.24, 2.45) is 0 Å². The Morgan fingerprint density at radius 3 is 2.17 bits per heavy atom. The molecule has 3 rings (SSSR count). The molecule has 1 heterocycles. The van der Waals surface area contributed by atoms with Crippen molar-refractivity contribution in [2.75, 3.05) is 16.0 Å². The number of rotatable bonds is 6. The number of benzene rings is 2. The second-order valence-electron chi connectivity index (χ2n) is 6.87. The highest BCUT2D eigenvalue weighted by molar-refractivity contribution is 6.03. The molecule has 0 saturated carbocycles. The number of nitrogens with one attached hydrogen (secondary N) is 3. The van der Waals surface area contributed by atoms with Gasteiger partial charge in [-0.25, -0.2) is 9.97 Å². The maximum atomic E-state index is 12.5. The van der Waals surface area contributed by atoms with E-state index in [4.69, 9.17) is 0 Å². The summed E-state index contributed by atoms with van der Waals surface area (Å²) in [6.07, 6.45) is 2.94. The molecule has 0 aliphatic carbocycles. The number of carbonyl (C=O) groups is 2. The van der Waals surface area contributed by atoms with Crippen LogP contribution in [-0.4, -0.2) is 21.8 Å². The van der Waals surface area contributed by atoms with Gasteiger partial charge in [0.2, 0.25) is 5.91 Å². The SMILES string of the molecule is CC(=O)Nc1ccc(Nc2cnc(C(=O)Nc3ccccc3C(C)C)cn2)cc1. The van der Waals surface area contributed by atoms with E-state index < -0.39 is 0 Å². The quantitative estimate of drug-likeness (QED) is 0.575. The first-order valence-corrected chi connectivity index (χ1v) is 9.29. The van der Waals surface area contributed by atoms with Crippen molar-refractivity contribution in [3.05, 3.63) is 72.2 Å². The Bertz CT molecular complexity index is 998. The van der Waals surface area contributed by atoms with Gasteiger partial charge < -0.3 is 16.0 Å². The summed E-state index contributed by atoms with van der Waals surface area (Å²) in [7, 11) is 0. The van der Waals surface area contributed by atoms with Crippen LogP contribution in [0.5, 0.6) is 0 Å². The van der Waals surface area contributed by atoms with E-state index in [1.54, 1.807) is 12.1 Å². The molecule has 7 nitrogen and oxygen atoms in total. The minimum atomic E-state index is -0.309. The number of carbonyl (C=O) groups excluding carboxylic acids is 2. The Morgan fingerprint density at radius 2 is 1.55 bits per heavy atom. The molecule has 29 heavy (non-hydrogen) atoms. The lowest BCUT2D eigenvalue weighted by Crippen LogP contribution is -2.15. The molecular formula is C22H23N5O2. The molecule has 2 amide bonds. The maximum absolute atomic E-state index is 12.5. The van der Waals surface area contributed by atoms with Crippen LogP contribution in [0.15, 0.2) is 60.9 Å². The van der Waals surface area contributed by atoms with E-state index in [0.717, 1.165) is 16.9 Å². The topological polar surface area (TPSA) is 96.0 Å². The number of para-hydroxylation sites is 1. The molecule has 3 aromatic rings. The van der Waals surface area contributed by atoms with Crippen LogP contribution in [-0.2, 0) is 4.79 Å². The van der Waals surface area contributed by atoms with E-state index in [2.05, 4.69) is 39.8 Å². The van der Waals surface area contributed by atoms with Gasteiger partial charge in [-0.2, -0.15) is 0 Å². The molecule has 0 aliphatic heterocycles. The van der Waals surface area contributed by atoms with Gasteiger partial charge >= 0.3 is 0 Å². The summed E-state index contributed by atoms with van der Waals surface area (Å²) < 4.78 is 0. The number of hydrogen-bond acceptors (Lipinski definition) is 5. The van der Waals surface area contributed by atoms with E-state index in [1.807, 2.05) is 36.4 Å². The normalized spacial score (nSPS) is 10.5. The third-order valence-corrected chi connectivity index (χ3v) is 4.19. The maximum Gasteiger partial charge on any atom is 0.275 e. The molecule has 0 bridgehead atoms. The number of anilines is 4. The summed E-state index contributed by atoms with van der Waals surface area (Å²) in [6.45, 7) is 5.61. The molecule has 0 unspecified atom stereocenters. The zero-order valence-electron chi connectivity index (χ0n) is 16.6. The number of aromatic nitrogens is 2. The molecule has 0 aliphatic rings. The van der Waals surface area contributed by atoms with Crippen molar-refractivity contribution in [3.8, 4) is 0 Å². The molecule has 2 aromatic carbocycles. The molecule has 7 heteroatoms. The van der Waals surface area contributed by atoms with Gasteiger partial charge in [0.15, 0.2) is 0 Å². The number of nitrogens with zero attached hydrogens (tertiary/aromatic N) is 2. The van der Waals surface area contributed by atoms with Crippen molar-refractivity contribution < 1.29 is 9.59 Å². The van der Waals surface area contributed by atoms with Crippen LogP contribution in [0, 0.1) is 0 Å². The van der Waals surface area contributed by atoms with E-state index >= 15 is 0 Å². The zero-order valence-corrected chi connectivity index (χ0v) is 16.6. The Kier molecular flexibility index (Phi) is 6.19. The van der Waals surface area contributed by atoms with Crippen molar-refractivity contribution in [1.29, 1.82) is 0 Å². The first-order chi connectivity index (χ1) is 13.9. The highest BCUT2D eigenvalue weighted by Crippen LogP contribution is 2.24. The van der Waals surface area contributed by atoms with E-state index in [1.165, 1.54) is 19.3 Å². The van der Waals surface area contributed by atoms with Crippen LogP contribution in [0.3, 0.4) is 0 Å². The number of hydrogen-bond donors (Lipinski definition) is 3. The fraction of sp³-hybridized carbons (Fsp3) is 0.182. The molecule has 0 atom stereocenters. The zero-order chi connectivity index (χ0) is 20.8. The second kappa shape index (κ2) is 8.97. The Hall–Kier alpha value is -3.74. The van der Waals surface area contributed by atoms with Crippen LogP contribution in [0.1, 0.15) is 42.7 Å². The van der Waals surface area contributed by atoms with Gasteiger partial charge in [0.05, 0.1) is 12.4 Å². The Labute approximate surface area is 169 Å². The van der Waals surface area contributed by atoms with Gasteiger partial charge in [-0.3, -0.25) is 9.59 Å². The Balaban J connectivity index is 1.65. The van der Waals surface area contributed by atoms with Gasteiger partial charge in [0.25, 0.3) is 5.91 Å².